The fraction of sp³-hybridized carbons (Fsp3) is 0.407. The van der Waals surface area contributed by atoms with Gasteiger partial charge in [0.1, 0.15) is 11.9 Å². The number of esters is 1. The summed E-state index contributed by atoms with van der Waals surface area (Å²) in [7, 11) is 1.66. The number of dihydropyridines is 1. The average molecular weight is 464 g/mol. The summed E-state index contributed by atoms with van der Waals surface area (Å²) >= 11 is 1.58. The molecule has 0 bridgehead atoms. The number of methoxy groups -OCH3 is 1. The average Bonchev–Trinajstić information content (AvgIpc) is 3.52. The number of hydrogen-bond acceptors (Lipinski definition) is 6. The highest BCUT2D eigenvalue weighted by molar-refractivity contribution is 7.08. The van der Waals surface area contributed by atoms with Crippen LogP contribution in [0, 0.1) is 0 Å². The number of nitrogens with one attached hydrogen (secondary N) is 1. The van der Waals surface area contributed by atoms with Crippen LogP contribution in [0.2, 0.25) is 0 Å². The maximum Gasteiger partial charge on any atom is 0.337 e. The first-order valence-corrected chi connectivity index (χ1v) is 12.6. The summed E-state index contributed by atoms with van der Waals surface area (Å²) in [5, 5.41) is 7.47. The smallest absolute Gasteiger partial charge is 0.337 e. The van der Waals surface area contributed by atoms with Crippen LogP contribution in [0.1, 0.15) is 68.4 Å². The van der Waals surface area contributed by atoms with Crippen LogP contribution < -0.4 is 10.1 Å². The van der Waals surface area contributed by atoms with Gasteiger partial charge in [0.25, 0.3) is 0 Å². The van der Waals surface area contributed by atoms with Crippen molar-refractivity contribution in [2.45, 2.75) is 63.4 Å². The third-order valence-electron chi connectivity index (χ3n) is 7.08. The lowest BCUT2D eigenvalue weighted by molar-refractivity contribution is -0.144. The van der Waals surface area contributed by atoms with E-state index in [0.29, 0.717) is 24.0 Å². The summed E-state index contributed by atoms with van der Waals surface area (Å²) in [6.45, 7) is 1.92. The molecular weight excluding hydrogens is 434 g/mol. The van der Waals surface area contributed by atoms with Crippen molar-refractivity contribution in [3.8, 4) is 5.75 Å². The van der Waals surface area contributed by atoms with E-state index in [-0.39, 0.29) is 29.7 Å². The van der Waals surface area contributed by atoms with E-state index in [4.69, 9.17) is 9.47 Å². The number of para-hydroxylation sites is 1. The Morgan fingerprint density at radius 2 is 1.91 bits per heavy atom. The zero-order chi connectivity index (χ0) is 22.9. The number of benzene rings is 1. The molecular formula is C27H29NO4S. The molecule has 2 aliphatic carbocycles. The van der Waals surface area contributed by atoms with Crippen molar-refractivity contribution in [1.82, 2.24) is 5.32 Å². The zero-order valence-electron chi connectivity index (χ0n) is 19.1. The molecule has 6 heteroatoms. The second kappa shape index (κ2) is 9.18. The van der Waals surface area contributed by atoms with Gasteiger partial charge in [-0.25, -0.2) is 4.79 Å². The molecule has 5 rings (SSSR count). The number of Topliss-reactive ketones (excluding diaryl/α,β-unsaturated/α-hetero) is 1. The van der Waals surface area contributed by atoms with E-state index in [1.807, 2.05) is 48.0 Å². The van der Waals surface area contributed by atoms with Gasteiger partial charge in [-0.2, -0.15) is 11.3 Å². The first-order valence-electron chi connectivity index (χ1n) is 11.7. The molecule has 1 aromatic carbocycles. The van der Waals surface area contributed by atoms with E-state index in [9.17, 15) is 9.59 Å². The maximum absolute atomic E-state index is 13.6. The lowest BCUT2D eigenvalue weighted by atomic mass is 9.72. The summed E-state index contributed by atoms with van der Waals surface area (Å²) in [5.74, 6) is 0.233. The van der Waals surface area contributed by atoms with Crippen molar-refractivity contribution in [2.24, 2.45) is 0 Å². The minimum atomic E-state index is -0.382. The molecule has 5 nitrogen and oxygen atoms in total. The van der Waals surface area contributed by atoms with Crippen LogP contribution in [-0.2, 0) is 14.3 Å². The molecule has 2 aromatic rings. The number of allylic oxidation sites excluding steroid dienone is 3. The Labute approximate surface area is 198 Å². The minimum absolute atomic E-state index is 0.0201. The summed E-state index contributed by atoms with van der Waals surface area (Å²) in [5.41, 5.74) is 5.00. The lowest BCUT2D eigenvalue weighted by Gasteiger charge is -2.36. The quantitative estimate of drug-likeness (QED) is 0.585. The topological polar surface area (TPSA) is 64.6 Å². The Hall–Kier alpha value is -2.86. The Morgan fingerprint density at radius 1 is 1.12 bits per heavy atom. The Kier molecular flexibility index (Phi) is 6.11. The van der Waals surface area contributed by atoms with E-state index in [1.165, 1.54) is 0 Å². The summed E-state index contributed by atoms with van der Waals surface area (Å²) < 4.78 is 11.5. The molecule has 0 radical (unpaired) electrons. The molecule has 0 saturated heterocycles. The van der Waals surface area contributed by atoms with E-state index in [1.54, 1.807) is 18.4 Å². The monoisotopic (exact) mass is 463 g/mol. The Bertz CT molecular complexity index is 1120. The van der Waals surface area contributed by atoms with Crippen LogP contribution in [0.3, 0.4) is 0 Å². The first-order chi connectivity index (χ1) is 16.1. The number of carbonyl (C=O) groups excluding carboxylic acids is 2. The van der Waals surface area contributed by atoms with Gasteiger partial charge in [-0.15, -0.1) is 0 Å². The lowest BCUT2D eigenvalue weighted by Crippen LogP contribution is -2.36. The van der Waals surface area contributed by atoms with Crippen molar-refractivity contribution < 1.29 is 19.1 Å². The molecule has 1 aliphatic heterocycles. The van der Waals surface area contributed by atoms with Crippen molar-refractivity contribution in [1.29, 1.82) is 0 Å². The number of hydrogen-bond donors (Lipinski definition) is 1. The fourth-order valence-electron chi connectivity index (χ4n) is 5.53. The molecule has 0 spiro atoms. The Balaban J connectivity index is 1.51. The van der Waals surface area contributed by atoms with Crippen LogP contribution in [0.15, 0.2) is 63.6 Å². The highest BCUT2D eigenvalue weighted by Gasteiger charge is 2.42. The van der Waals surface area contributed by atoms with E-state index in [0.717, 1.165) is 54.0 Å². The second-order valence-corrected chi connectivity index (χ2v) is 9.91. The minimum Gasteiger partial charge on any atom is -0.496 e. The van der Waals surface area contributed by atoms with Gasteiger partial charge in [0, 0.05) is 35.2 Å². The van der Waals surface area contributed by atoms with Crippen LogP contribution in [0.25, 0.3) is 0 Å². The van der Waals surface area contributed by atoms with Crippen molar-refractivity contribution >= 4 is 23.1 Å². The number of thiophene rings is 1. The van der Waals surface area contributed by atoms with Gasteiger partial charge < -0.3 is 14.8 Å². The third-order valence-corrected chi connectivity index (χ3v) is 7.78. The standard InChI is InChI=1S/C27H29NO4S/c1-16-24(27(30)32-19-7-3-4-8-19)25(17-11-12-33-15-17)26-21(28-16)13-18(14-22(26)29)20-9-5-6-10-23(20)31-2/h5-6,9-12,15,18-19,25,28H,3-4,7-8,13-14H2,1-2H3/t18-,25-/m0/s1. The molecule has 2 heterocycles. The highest BCUT2D eigenvalue weighted by atomic mass is 32.1. The third kappa shape index (κ3) is 4.12. The van der Waals surface area contributed by atoms with Crippen molar-refractivity contribution in [3.63, 3.8) is 0 Å². The number of rotatable bonds is 5. The molecule has 1 fully saturated rings. The number of ether oxygens (including phenoxy) is 2. The first kappa shape index (κ1) is 22.0. The molecule has 0 amide bonds. The predicted octanol–water partition coefficient (Wildman–Crippen LogP) is 5.60. The van der Waals surface area contributed by atoms with E-state index >= 15 is 0 Å². The van der Waals surface area contributed by atoms with Gasteiger partial charge in [-0.05, 0) is 73.0 Å². The molecule has 1 aromatic heterocycles. The SMILES string of the molecule is COc1ccccc1[C@@H]1CC(=O)C2=C(C1)NC(C)=C(C(=O)OC1CCCC1)[C@@H]2c1ccsc1. The predicted molar refractivity (Wildman–Crippen MR) is 128 cm³/mol. The molecule has 172 valence electrons. The van der Waals surface area contributed by atoms with Gasteiger partial charge in [0.05, 0.1) is 12.7 Å². The highest BCUT2D eigenvalue weighted by Crippen LogP contribution is 2.47. The van der Waals surface area contributed by atoms with Crippen LogP contribution in [0.4, 0.5) is 0 Å². The van der Waals surface area contributed by atoms with Crippen molar-refractivity contribution in [3.05, 3.63) is 74.8 Å². The maximum atomic E-state index is 13.6. The second-order valence-electron chi connectivity index (χ2n) is 9.13. The molecule has 1 saturated carbocycles. The summed E-state index contributed by atoms with van der Waals surface area (Å²) in [6.07, 6.45) is 5.11. The molecule has 1 N–H and O–H groups in total. The summed E-state index contributed by atoms with van der Waals surface area (Å²) in [4.78, 5) is 27.0. The van der Waals surface area contributed by atoms with Crippen molar-refractivity contribution in [2.75, 3.05) is 7.11 Å². The number of ketones is 1. The molecule has 3 aliphatic rings. The van der Waals surface area contributed by atoms with Gasteiger partial charge in [-0.3, -0.25) is 4.79 Å². The van der Waals surface area contributed by atoms with Crippen LogP contribution in [0.5, 0.6) is 5.75 Å². The fourth-order valence-corrected chi connectivity index (χ4v) is 6.21. The van der Waals surface area contributed by atoms with Crippen LogP contribution in [-0.4, -0.2) is 25.0 Å². The van der Waals surface area contributed by atoms with E-state index in [2.05, 4.69) is 5.32 Å². The number of carbonyl (C=O) groups is 2. The molecule has 0 unspecified atom stereocenters. The largest absolute Gasteiger partial charge is 0.496 e. The Morgan fingerprint density at radius 3 is 2.64 bits per heavy atom. The van der Waals surface area contributed by atoms with Gasteiger partial charge in [-0.1, -0.05) is 18.2 Å². The molecule has 33 heavy (non-hydrogen) atoms. The van der Waals surface area contributed by atoms with Crippen LogP contribution >= 0.6 is 11.3 Å². The molecule has 2 atom stereocenters. The van der Waals surface area contributed by atoms with Gasteiger partial charge in [0.15, 0.2) is 5.78 Å². The normalized spacial score (nSPS) is 23.4. The summed E-state index contributed by atoms with van der Waals surface area (Å²) in [6, 6.07) is 9.92. The van der Waals surface area contributed by atoms with E-state index < -0.39 is 0 Å². The van der Waals surface area contributed by atoms with Gasteiger partial charge in [0.2, 0.25) is 0 Å². The van der Waals surface area contributed by atoms with Gasteiger partial charge >= 0.3 is 5.97 Å². The zero-order valence-corrected chi connectivity index (χ0v) is 19.9.